The molecule has 4 rings (SSSR count). The van der Waals surface area contributed by atoms with Crippen molar-refractivity contribution in [3.8, 4) is 0 Å². The Morgan fingerprint density at radius 1 is 1.00 bits per heavy atom. The Morgan fingerprint density at radius 3 is 2.59 bits per heavy atom. The summed E-state index contributed by atoms with van der Waals surface area (Å²) in [7, 11) is 0. The number of H-pyrrole nitrogens is 1. The minimum Gasteiger partial charge on any atom is -0.366 e. The highest BCUT2D eigenvalue weighted by atomic mass is 35.5. The van der Waals surface area contributed by atoms with E-state index in [1.807, 2.05) is 18.3 Å². The maximum atomic E-state index is 13.1. The van der Waals surface area contributed by atoms with Crippen molar-refractivity contribution in [3.05, 3.63) is 88.3 Å². The number of nitrogens with zero attached hydrogens (tertiary/aromatic N) is 2. The van der Waals surface area contributed by atoms with Gasteiger partial charge in [0, 0.05) is 36.9 Å². The summed E-state index contributed by atoms with van der Waals surface area (Å²) in [6.07, 6.45) is 1.42. The maximum Gasteiger partial charge on any atom is 0.416 e. The van der Waals surface area contributed by atoms with Gasteiger partial charge in [0.1, 0.15) is 11.5 Å². The predicted octanol–water partition coefficient (Wildman–Crippen LogP) is 5.83. The first kappa shape index (κ1) is 19.3. The molecule has 0 bridgehead atoms. The molecule has 1 aromatic carbocycles. The topological polar surface area (TPSA) is 53.6 Å². The number of benzene rings is 1. The molecule has 2 N–H and O–H groups in total. The summed E-state index contributed by atoms with van der Waals surface area (Å²) in [6.45, 7) is 0.0364. The number of halogens is 4. The van der Waals surface area contributed by atoms with E-state index in [9.17, 15) is 13.2 Å². The molecule has 0 unspecified atom stereocenters. The third kappa shape index (κ3) is 4.35. The quantitative estimate of drug-likeness (QED) is 0.430. The zero-order valence-electron chi connectivity index (χ0n) is 15.1. The van der Waals surface area contributed by atoms with E-state index < -0.39 is 11.7 Å². The Kier molecular flexibility index (Phi) is 5.15. The molecule has 8 heteroatoms. The average molecular weight is 417 g/mol. The molecule has 3 heterocycles. The Hall–Kier alpha value is -3.06. The van der Waals surface area contributed by atoms with Gasteiger partial charge < -0.3 is 10.3 Å². The van der Waals surface area contributed by atoms with Gasteiger partial charge in [-0.25, -0.2) is 9.97 Å². The van der Waals surface area contributed by atoms with Gasteiger partial charge in [-0.2, -0.15) is 13.2 Å². The molecule has 0 aliphatic heterocycles. The molecule has 0 atom stereocenters. The van der Waals surface area contributed by atoms with Crippen LogP contribution in [0.3, 0.4) is 0 Å². The van der Waals surface area contributed by atoms with E-state index in [4.69, 9.17) is 11.6 Å². The van der Waals surface area contributed by atoms with Crippen molar-refractivity contribution in [1.82, 2.24) is 15.0 Å². The van der Waals surface area contributed by atoms with E-state index in [0.717, 1.165) is 28.2 Å². The molecular formula is C21H16ClF3N4. The highest BCUT2D eigenvalue weighted by Crippen LogP contribution is 2.32. The van der Waals surface area contributed by atoms with Crippen LogP contribution in [0.4, 0.5) is 19.0 Å². The van der Waals surface area contributed by atoms with Crippen LogP contribution >= 0.6 is 11.6 Å². The number of aromatic nitrogens is 3. The maximum absolute atomic E-state index is 13.1. The number of anilines is 1. The summed E-state index contributed by atoms with van der Waals surface area (Å²) < 4.78 is 39.3. The molecule has 0 fully saturated rings. The van der Waals surface area contributed by atoms with E-state index in [0.29, 0.717) is 17.3 Å². The minimum atomic E-state index is -4.38. The zero-order valence-corrected chi connectivity index (χ0v) is 15.8. The Morgan fingerprint density at radius 2 is 1.83 bits per heavy atom. The number of nitrogens with one attached hydrogen (secondary N) is 2. The summed E-state index contributed by atoms with van der Waals surface area (Å²) in [6, 6.07) is 11.0. The Labute approximate surface area is 169 Å². The van der Waals surface area contributed by atoms with E-state index in [1.54, 1.807) is 24.5 Å². The van der Waals surface area contributed by atoms with Crippen LogP contribution in [0.15, 0.2) is 61.1 Å². The van der Waals surface area contributed by atoms with Crippen LogP contribution in [-0.2, 0) is 19.1 Å². The fourth-order valence-electron chi connectivity index (χ4n) is 3.17. The molecule has 3 aromatic heterocycles. The molecular weight excluding hydrogens is 401 g/mol. The smallest absolute Gasteiger partial charge is 0.366 e. The summed E-state index contributed by atoms with van der Waals surface area (Å²) in [5.74, 6) is 0.509. The normalized spacial score (nSPS) is 11.7. The molecule has 0 saturated heterocycles. The lowest BCUT2D eigenvalue weighted by atomic mass is 10.1. The second kappa shape index (κ2) is 7.75. The van der Waals surface area contributed by atoms with E-state index >= 15 is 0 Å². The van der Waals surface area contributed by atoms with Crippen LogP contribution < -0.4 is 5.32 Å². The van der Waals surface area contributed by atoms with E-state index in [2.05, 4.69) is 20.3 Å². The van der Waals surface area contributed by atoms with Gasteiger partial charge in [-0.1, -0.05) is 35.9 Å². The van der Waals surface area contributed by atoms with Gasteiger partial charge in [0.15, 0.2) is 0 Å². The van der Waals surface area contributed by atoms with Crippen LogP contribution in [0.1, 0.15) is 22.3 Å². The second-order valence-electron chi connectivity index (χ2n) is 6.60. The number of hydrogen-bond acceptors (Lipinski definition) is 3. The molecule has 0 amide bonds. The van der Waals surface area contributed by atoms with Gasteiger partial charge in [0.25, 0.3) is 0 Å². The Balaban J connectivity index is 1.45. The molecule has 4 nitrogen and oxygen atoms in total. The molecule has 0 aliphatic rings. The number of fused-ring (bicyclic) bond motifs is 1. The van der Waals surface area contributed by atoms with Crippen molar-refractivity contribution in [2.24, 2.45) is 0 Å². The lowest BCUT2D eigenvalue weighted by Crippen LogP contribution is -2.12. The number of hydrogen-bond donors (Lipinski definition) is 2. The van der Waals surface area contributed by atoms with Crippen LogP contribution in [0.2, 0.25) is 5.02 Å². The molecule has 4 aromatic rings. The molecule has 0 saturated carbocycles. The molecule has 148 valence electrons. The first-order valence-corrected chi connectivity index (χ1v) is 9.23. The zero-order chi connectivity index (χ0) is 20.4. The number of rotatable bonds is 5. The van der Waals surface area contributed by atoms with Crippen LogP contribution in [0.5, 0.6) is 0 Å². The van der Waals surface area contributed by atoms with Crippen LogP contribution in [0.25, 0.3) is 11.0 Å². The molecule has 0 aliphatic carbocycles. The molecule has 0 radical (unpaired) electrons. The third-order valence-corrected chi connectivity index (χ3v) is 4.79. The van der Waals surface area contributed by atoms with Gasteiger partial charge in [-0.3, -0.25) is 0 Å². The first-order chi connectivity index (χ1) is 13.9. The standard InChI is InChI=1S/C21H16ClF3N4/c22-16-8-17-15(11-28-20(17)29-12-16)7-13-5-6-19(26-9-13)27-10-14-3-1-2-4-18(14)21(23,24)25/h1-6,8-9,11-12H,7,10H2,(H,26,27)(H,28,29). The lowest BCUT2D eigenvalue weighted by molar-refractivity contribution is -0.138. The highest BCUT2D eigenvalue weighted by molar-refractivity contribution is 6.31. The SMILES string of the molecule is FC(F)(F)c1ccccc1CNc1ccc(Cc2c[nH]c3ncc(Cl)cc23)cn1. The van der Waals surface area contributed by atoms with Crippen molar-refractivity contribution in [2.75, 3.05) is 5.32 Å². The van der Waals surface area contributed by atoms with E-state index in [-0.39, 0.29) is 12.1 Å². The Bertz CT molecular complexity index is 1140. The van der Waals surface area contributed by atoms with Crippen LogP contribution in [-0.4, -0.2) is 15.0 Å². The number of aromatic amines is 1. The van der Waals surface area contributed by atoms with Crippen molar-refractivity contribution >= 4 is 28.5 Å². The molecule has 0 spiro atoms. The fourth-order valence-corrected chi connectivity index (χ4v) is 3.33. The van der Waals surface area contributed by atoms with Gasteiger partial charge in [-0.05, 0) is 34.9 Å². The van der Waals surface area contributed by atoms with Crippen LogP contribution in [0, 0.1) is 0 Å². The average Bonchev–Trinajstić information content (AvgIpc) is 3.09. The second-order valence-corrected chi connectivity index (χ2v) is 7.04. The van der Waals surface area contributed by atoms with Crippen molar-refractivity contribution in [2.45, 2.75) is 19.1 Å². The third-order valence-electron chi connectivity index (χ3n) is 4.59. The summed E-state index contributed by atoms with van der Waals surface area (Å²) >= 11 is 6.03. The van der Waals surface area contributed by atoms with Gasteiger partial charge in [0.05, 0.1) is 10.6 Å². The summed E-state index contributed by atoms with van der Waals surface area (Å²) in [5, 5.41) is 4.46. The lowest BCUT2D eigenvalue weighted by Gasteiger charge is -2.13. The highest BCUT2D eigenvalue weighted by Gasteiger charge is 2.32. The summed E-state index contributed by atoms with van der Waals surface area (Å²) in [5.41, 5.74) is 2.30. The van der Waals surface area contributed by atoms with Gasteiger partial charge in [0.2, 0.25) is 0 Å². The summed E-state index contributed by atoms with van der Waals surface area (Å²) in [4.78, 5) is 11.7. The monoisotopic (exact) mass is 416 g/mol. The minimum absolute atomic E-state index is 0.0364. The number of alkyl halides is 3. The van der Waals surface area contributed by atoms with Crippen molar-refractivity contribution < 1.29 is 13.2 Å². The fraction of sp³-hybridized carbons (Fsp3) is 0.143. The predicted molar refractivity (Wildman–Crippen MR) is 107 cm³/mol. The number of pyridine rings is 2. The van der Waals surface area contributed by atoms with E-state index in [1.165, 1.54) is 12.1 Å². The first-order valence-electron chi connectivity index (χ1n) is 8.85. The van der Waals surface area contributed by atoms with Crippen molar-refractivity contribution in [3.63, 3.8) is 0 Å². The van der Waals surface area contributed by atoms with Gasteiger partial charge in [-0.15, -0.1) is 0 Å². The molecule has 29 heavy (non-hydrogen) atoms. The largest absolute Gasteiger partial charge is 0.416 e. The van der Waals surface area contributed by atoms with Gasteiger partial charge >= 0.3 is 6.18 Å². The van der Waals surface area contributed by atoms with Crippen molar-refractivity contribution in [1.29, 1.82) is 0 Å².